The lowest BCUT2D eigenvalue weighted by Crippen LogP contribution is -2.48. The summed E-state index contributed by atoms with van der Waals surface area (Å²) in [4.78, 5) is 25.4. The summed E-state index contributed by atoms with van der Waals surface area (Å²) in [6.07, 6.45) is 2.63. The van der Waals surface area contributed by atoms with E-state index in [1.165, 1.54) is 0 Å². The molecule has 0 N–H and O–H groups in total. The Bertz CT molecular complexity index is 698. The van der Waals surface area contributed by atoms with Gasteiger partial charge in [0.05, 0.1) is 12.2 Å². The predicted octanol–water partition coefficient (Wildman–Crippen LogP) is 2.21. The lowest BCUT2D eigenvalue weighted by molar-refractivity contribution is 0.0612. The third kappa shape index (κ3) is 3.64. The molecule has 1 fully saturated rings. The monoisotopic (exact) mass is 328 g/mol. The fourth-order valence-corrected chi connectivity index (χ4v) is 2.88. The van der Waals surface area contributed by atoms with E-state index in [4.69, 9.17) is 4.42 Å². The molecule has 1 aliphatic rings. The Morgan fingerprint density at radius 1 is 1.25 bits per heavy atom. The molecular formula is C18H24N4O2. The van der Waals surface area contributed by atoms with Gasteiger partial charge in [0.1, 0.15) is 11.5 Å². The average Bonchev–Trinajstić information content (AvgIpc) is 2.92. The van der Waals surface area contributed by atoms with Gasteiger partial charge in [-0.2, -0.15) is 0 Å². The van der Waals surface area contributed by atoms with E-state index in [-0.39, 0.29) is 5.91 Å². The number of hydrogen-bond acceptors (Lipinski definition) is 5. The van der Waals surface area contributed by atoms with Crippen LogP contribution in [0.4, 0.5) is 0 Å². The summed E-state index contributed by atoms with van der Waals surface area (Å²) in [6, 6.07) is 3.85. The highest BCUT2D eigenvalue weighted by Gasteiger charge is 2.24. The van der Waals surface area contributed by atoms with Crippen molar-refractivity contribution in [3.8, 4) is 0 Å². The Labute approximate surface area is 142 Å². The molecule has 6 heteroatoms. The van der Waals surface area contributed by atoms with Crippen LogP contribution in [0.15, 0.2) is 22.7 Å². The Morgan fingerprint density at radius 2 is 2.00 bits per heavy atom. The van der Waals surface area contributed by atoms with Crippen LogP contribution in [0.1, 0.15) is 40.3 Å². The summed E-state index contributed by atoms with van der Waals surface area (Å²) in [6.45, 7) is 9.70. The molecule has 0 aliphatic carbocycles. The van der Waals surface area contributed by atoms with Crippen LogP contribution < -0.4 is 0 Å². The van der Waals surface area contributed by atoms with Crippen LogP contribution in [-0.4, -0.2) is 51.9 Å². The zero-order chi connectivity index (χ0) is 17.1. The maximum absolute atomic E-state index is 12.6. The Hall–Kier alpha value is -2.21. The number of nitrogens with zero attached hydrogens (tertiary/aromatic N) is 4. The van der Waals surface area contributed by atoms with Gasteiger partial charge in [0.2, 0.25) is 5.89 Å². The van der Waals surface area contributed by atoms with E-state index in [0.29, 0.717) is 25.3 Å². The van der Waals surface area contributed by atoms with Crippen molar-refractivity contribution in [2.75, 3.05) is 26.2 Å². The summed E-state index contributed by atoms with van der Waals surface area (Å²) in [5, 5.41) is 0. The van der Waals surface area contributed by atoms with Crippen molar-refractivity contribution >= 4 is 5.91 Å². The fourth-order valence-electron chi connectivity index (χ4n) is 2.88. The molecule has 24 heavy (non-hydrogen) atoms. The molecule has 0 aromatic carbocycles. The first-order valence-electron chi connectivity index (χ1n) is 8.46. The van der Waals surface area contributed by atoms with Gasteiger partial charge in [-0.3, -0.25) is 14.7 Å². The van der Waals surface area contributed by atoms with Gasteiger partial charge >= 0.3 is 0 Å². The number of aromatic nitrogens is 2. The second-order valence-corrected chi connectivity index (χ2v) is 6.22. The molecule has 3 rings (SSSR count). The third-order valence-corrected chi connectivity index (χ3v) is 4.54. The number of carbonyl (C=O) groups is 1. The lowest BCUT2D eigenvalue weighted by Gasteiger charge is -2.33. The topological polar surface area (TPSA) is 62.5 Å². The number of hydrogen-bond donors (Lipinski definition) is 0. The number of amides is 1. The molecule has 3 heterocycles. The van der Waals surface area contributed by atoms with Crippen LogP contribution in [0.2, 0.25) is 0 Å². The highest BCUT2D eigenvalue weighted by molar-refractivity contribution is 5.92. The molecule has 0 radical (unpaired) electrons. The summed E-state index contributed by atoms with van der Waals surface area (Å²) >= 11 is 0. The standard InChI is InChI=1S/C18H24N4O2/c1-4-15-5-6-19-16(11-15)18(23)22-9-7-21(8-10-22)12-17-20-13(2)14(3)24-17/h5-6,11H,4,7-10,12H2,1-3H3. The molecule has 1 amide bonds. The van der Waals surface area contributed by atoms with Crippen molar-refractivity contribution in [3.05, 3.63) is 46.9 Å². The number of aryl methyl sites for hydroxylation is 3. The summed E-state index contributed by atoms with van der Waals surface area (Å²) in [7, 11) is 0. The number of pyridine rings is 1. The van der Waals surface area contributed by atoms with Crippen LogP contribution in [0.3, 0.4) is 0 Å². The first-order valence-corrected chi connectivity index (χ1v) is 8.46. The SMILES string of the molecule is CCc1ccnc(C(=O)N2CCN(Cc3nc(C)c(C)o3)CC2)c1. The number of carbonyl (C=O) groups excluding carboxylic acids is 1. The van der Waals surface area contributed by atoms with E-state index in [1.807, 2.05) is 30.9 Å². The second-order valence-electron chi connectivity index (χ2n) is 6.22. The van der Waals surface area contributed by atoms with Crippen LogP contribution >= 0.6 is 0 Å². The minimum Gasteiger partial charge on any atom is -0.444 e. The average molecular weight is 328 g/mol. The maximum atomic E-state index is 12.6. The van der Waals surface area contributed by atoms with Gasteiger partial charge in [-0.25, -0.2) is 4.98 Å². The van der Waals surface area contributed by atoms with Gasteiger partial charge in [0.25, 0.3) is 5.91 Å². The Balaban J connectivity index is 1.57. The Morgan fingerprint density at radius 3 is 2.62 bits per heavy atom. The van der Waals surface area contributed by atoms with E-state index in [0.717, 1.165) is 42.4 Å². The van der Waals surface area contributed by atoms with E-state index < -0.39 is 0 Å². The molecule has 0 spiro atoms. The van der Waals surface area contributed by atoms with Gasteiger partial charge in [-0.15, -0.1) is 0 Å². The largest absolute Gasteiger partial charge is 0.444 e. The normalized spacial score (nSPS) is 15.7. The molecule has 2 aromatic rings. The molecule has 0 atom stereocenters. The summed E-state index contributed by atoms with van der Waals surface area (Å²) in [5.41, 5.74) is 2.63. The molecule has 6 nitrogen and oxygen atoms in total. The molecule has 128 valence electrons. The fraction of sp³-hybridized carbons (Fsp3) is 0.500. The van der Waals surface area contributed by atoms with Gasteiger partial charge in [-0.1, -0.05) is 6.92 Å². The lowest BCUT2D eigenvalue weighted by atomic mass is 10.1. The van der Waals surface area contributed by atoms with Gasteiger partial charge in [0, 0.05) is 32.4 Å². The second kappa shape index (κ2) is 7.13. The van der Waals surface area contributed by atoms with E-state index in [1.54, 1.807) is 6.20 Å². The van der Waals surface area contributed by atoms with Crippen molar-refractivity contribution in [3.63, 3.8) is 0 Å². The molecule has 1 saturated heterocycles. The maximum Gasteiger partial charge on any atom is 0.272 e. The van der Waals surface area contributed by atoms with Crippen molar-refractivity contribution in [2.45, 2.75) is 33.7 Å². The quantitative estimate of drug-likeness (QED) is 0.861. The zero-order valence-corrected chi connectivity index (χ0v) is 14.6. The molecule has 0 bridgehead atoms. The van der Waals surface area contributed by atoms with Crippen LogP contribution in [0.5, 0.6) is 0 Å². The third-order valence-electron chi connectivity index (χ3n) is 4.54. The molecule has 1 aliphatic heterocycles. The zero-order valence-electron chi connectivity index (χ0n) is 14.6. The predicted molar refractivity (Wildman–Crippen MR) is 90.8 cm³/mol. The first kappa shape index (κ1) is 16.6. The van der Waals surface area contributed by atoms with Gasteiger partial charge in [-0.05, 0) is 38.0 Å². The number of piperazine rings is 1. The molecule has 0 saturated carbocycles. The minimum atomic E-state index is 0.0211. The van der Waals surface area contributed by atoms with E-state index >= 15 is 0 Å². The van der Waals surface area contributed by atoms with Crippen molar-refractivity contribution < 1.29 is 9.21 Å². The summed E-state index contributed by atoms with van der Waals surface area (Å²) < 4.78 is 5.64. The van der Waals surface area contributed by atoms with Gasteiger partial charge < -0.3 is 9.32 Å². The smallest absolute Gasteiger partial charge is 0.272 e. The van der Waals surface area contributed by atoms with E-state index in [2.05, 4.69) is 21.8 Å². The van der Waals surface area contributed by atoms with Crippen LogP contribution in [-0.2, 0) is 13.0 Å². The van der Waals surface area contributed by atoms with Crippen molar-refractivity contribution in [1.82, 2.24) is 19.8 Å². The first-order chi connectivity index (χ1) is 11.6. The minimum absolute atomic E-state index is 0.0211. The molecule has 0 unspecified atom stereocenters. The Kier molecular flexibility index (Phi) is 4.94. The number of oxazole rings is 1. The van der Waals surface area contributed by atoms with Crippen LogP contribution in [0, 0.1) is 13.8 Å². The van der Waals surface area contributed by atoms with Gasteiger partial charge in [0.15, 0.2) is 0 Å². The van der Waals surface area contributed by atoms with Crippen molar-refractivity contribution in [1.29, 1.82) is 0 Å². The summed E-state index contributed by atoms with van der Waals surface area (Å²) in [5.74, 6) is 1.65. The van der Waals surface area contributed by atoms with Crippen molar-refractivity contribution in [2.24, 2.45) is 0 Å². The highest BCUT2D eigenvalue weighted by atomic mass is 16.4. The van der Waals surface area contributed by atoms with Crippen LogP contribution in [0.25, 0.3) is 0 Å². The molecular weight excluding hydrogens is 304 g/mol. The van der Waals surface area contributed by atoms with E-state index in [9.17, 15) is 4.79 Å². The highest BCUT2D eigenvalue weighted by Crippen LogP contribution is 2.14. The number of rotatable bonds is 4. The molecule has 2 aromatic heterocycles.